The van der Waals surface area contributed by atoms with E-state index in [2.05, 4.69) is 30.8 Å². The van der Waals surface area contributed by atoms with Crippen LogP contribution in [0.2, 0.25) is 0 Å². The van der Waals surface area contributed by atoms with Gasteiger partial charge in [-0.25, -0.2) is 9.97 Å². The van der Waals surface area contributed by atoms with Crippen LogP contribution in [0, 0.1) is 0 Å². The van der Waals surface area contributed by atoms with Gasteiger partial charge in [-0.1, -0.05) is 24.6 Å². The molecule has 0 bridgehead atoms. The lowest BCUT2D eigenvalue weighted by Crippen LogP contribution is -2.26. The van der Waals surface area contributed by atoms with Gasteiger partial charge in [-0.2, -0.15) is 0 Å². The summed E-state index contributed by atoms with van der Waals surface area (Å²) in [6.07, 6.45) is 7.85. The van der Waals surface area contributed by atoms with Crippen LogP contribution in [0.1, 0.15) is 73.2 Å². The number of aromatic nitrogens is 5. The Morgan fingerprint density at radius 3 is 2.25 bits per heavy atom. The van der Waals surface area contributed by atoms with Crippen molar-refractivity contribution in [3.05, 3.63) is 84.1 Å². The highest BCUT2D eigenvalue weighted by molar-refractivity contribution is 5.95. The van der Waals surface area contributed by atoms with Gasteiger partial charge < -0.3 is 39.3 Å². The Morgan fingerprint density at radius 2 is 1.55 bits per heavy atom. The van der Waals surface area contributed by atoms with Gasteiger partial charge in [0.15, 0.2) is 11.6 Å². The molecule has 2 aromatic carbocycles. The van der Waals surface area contributed by atoms with E-state index >= 15 is 0 Å². The van der Waals surface area contributed by atoms with E-state index in [1.165, 1.54) is 6.33 Å². The minimum absolute atomic E-state index is 0.124. The predicted octanol–water partition coefficient (Wildman–Crippen LogP) is 5.23. The maximum absolute atomic E-state index is 13.1. The first-order valence-electron chi connectivity index (χ1n) is 17.4. The molecule has 0 radical (unpaired) electrons. The quantitative estimate of drug-likeness (QED) is 0.0769. The van der Waals surface area contributed by atoms with Gasteiger partial charge in [0.1, 0.15) is 17.8 Å². The Bertz CT molecular complexity index is 1600. The third kappa shape index (κ3) is 14.1. The van der Waals surface area contributed by atoms with E-state index in [-0.39, 0.29) is 18.4 Å². The summed E-state index contributed by atoms with van der Waals surface area (Å²) >= 11 is 0. The van der Waals surface area contributed by atoms with Crippen molar-refractivity contribution in [2.24, 2.45) is 7.05 Å². The second-order valence-electron chi connectivity index (χ2n) is 11.9. The molecule has 0 unspecified atom stereocenters. The van der Waals surface area contributed by atoms with Gasteiger partial charge >= 0.3 is 5.97 Å². The minimum Gasteiger partial charge on any atom is -0.494 e. The molecule has 0 fully saturated rings. The molecule has 0 saturated heterocycles. The van der Waals surface area contributed by atoms with Crippen LogP contribution >= 0.6 is 0 Å². The van der Waals surface area contributed by atoms with Crippen molar-refractivity contribution in [3.63, 3.8) is 0 Å². The third-order valence-electron chi connectivity index (χ3n) is 7.95. The number of carboxylic acids is 1. The van der Waals surface area contributed by atoms with E-state index < -0.39 is 5.97 Å². The van der Waals surface area contributed by atoms with Gasteiger partial charge in [0.2, 0.25) is 0 Å². The molecular formula is C37H49N7O7. The highest BCUT2D eigenvalue weighted by Gasteiger charge is 2.14. The predicted molar refractivity (Wildman–Crippen MR) is 191 cm³/mol. The van der Waals surface area contributed by atoms with Crippen LogP contribution in [0.15, 0.2) is 67.1 Å². The first kappa shape index (κ1) is 38.9. The first-order chi connectivity index (χ1) is 24.9. The zero-order chi connectivity index (χ0) is 36.1. The summed E-state index contributed by atoms with van der Waals surface area (Å²) in [7, 11) is 1.89. The topological polar surface area (TPSA) is 172 Å². The van der Waals surface area contributed by atoms with Crippen LogP contribution in [0.25, 0.3) is 11.5 Å². The fourth-order valence-electron chi connectivity index (χ4n) is 5.05. The molecule has 0 aliphatic heterocycles. The zero-order valence-electron chi connectivity index (χ0n) is 29.5. The molecular weight excluding hydrogens is 654 g/mol. The van der Waals surface area contributed by atoms with Crippen molar-refractivity contribution in [1.82, 2.24) is 30.0 Å². The summed E-state index contributed by atoms with van der Waals surface area (Å²) in [6, 6.07) is 16.8. The number of nitrogens with one attached hydrogen (secondary N) is 2. The van der Waals surface area contributed by atoms with Gasteiger partial charge in [0.05, 0.1) is 45.6 Å². The number of nitrogens with zero attached hydrogens (tertiary/aromatic N) is 5. The number of hydrogen-bond donors (Lipinski definition) is 3. The summed E-state index contributed by atoms with van der Waals surface area (Å²) in [5.41, 5.74) is 3.03. The largest absolute Gasteiger partial charge is 0.494 e. The summed E-state index contributed by atoms with van der Waals surface area (Å²) < 4.78 is 24.2. The van der Waals surface area contributed by atoms with E-state index in [1.807, 2.05) is 61.0 Å². The zero-order valence-corrected chi connectivity index (χ0v) is 29.5. The molecule has 274 valence electrons. The van der Waals surface area contributed by atoms with Crippen molar-refractivity contribution in [1.29, 1.82) is 0 Å². The van der Waals surface area contributed by atoms with Crippen LogP contribution in [-0.4, -0.2) is 88.0 Å². The molecule has 4 aromatic rings. The average Bonchev–Trinajstić information content (AvgIpc) is 3.52. The Kier molecular flexibility index (Phi) is 16.8. The van der Waals surface area contributed by atoms with Gasteiger partial charge in [-0.3, -0.25) is 9.59 Å². The number of carboxylic acid groups (broad SMARTS) is 1. The summed E-state index contributed by atoms with van der Waals surface area (Å²) in [5, 5.41) is 23.5. The molecule has 14 nitrogen and oxygen atoms in total. The summed E-state index contributed by atoms with van der Waals surface area (Å²) in [4.78, 5) is 31.7. The Labute approximate surface area is 298 Å². The number of ether oxygens (including phenoxy) is 4. The Hall–Kier alpha value is -4.92. The van der Waals surface area contributed by atoms with Crippen LogP contribution in [-0.2, 0) is 32.6 Å². The fourth-order valence-corrected chi connectivity index (χ4v) is 5.05. The fraction of sp³-hybridized carbons (Fsp3) is 0.459. The lowest BCUT2D eigenvalue weighted by Gasteiger charge is -2.16. The number of unbranched alkanes of at least 4 members (excludes halogenated alkanes) is 3. The van der Waals surface area contributed by atoms with E-state index in [0.29, 0.717) is 76.3 Å². The molecule has 1 amide bonds. The molecule has 51 heavy (non-hydrogen) atoms. The number of carbonyl (C=O) groups is 2. The molecule has 2 aromatic heterocycles. The van der Waals surface area contributed by atoms with E-state index in [9.17, 15) is 9.59 Å². The standard InChI is InChI=1S/C37H49N7O7/c1-28(41-37(47)30-9-7-10-31(25-30)39-26-34-42-43-36(44(34)2)33-16-17-38-27-40-33)29-12-14-32(15-13-29)51-20-6-4-3-5-18-48-21-23-50-24-22-49-19-8-11-35(45)46/h7,9-10,12-17,25,27-28,39H,3-6,8,11,18-24,26H2,1-2H3,(H,41,47)(H,45,46)/t28-/m1/s1. The number of rotatable bonds is 25. The van der Waals surface area contributed by atoms with E-state index in [0.717, 1.165) is 48.5 Å². The number of amides is 1. The SMILES string of the molecule is C[C@@H](NC(=O)c1cccc(NCc2nnc(-c3ccncn3)n2C)c1)c1ccc(OCCCCCCOCCOCCOCCCC(=O)O)cc1. The summed E-state index contributed by atoms with van der Waals surface area (Å²) in [5.74, 6) is 1.21. The lowest BCUT2D eigenvalue weighted by atomic mass is 10.1. The van der Waals surface area contributed by atoms with Crippen molar-refractivity contribution in [2.75, 3.05) is 51.6 Å². The molecule has 2 heterocycles. The smallest absolute Gasteiger partial charge is 0.303 e. The number of carbonyl (C=O) groups excluding carboxylic acids is 1. The second kappa shape index (κ2) is 22.0. The maximum atomic E-state index is 13.1. The number of hydrogen-bond acceptors (Lipinski definition) is 11. The average molecular weight is 704 g/mol. The van der Waals surface area contributed by atoms with Crippen LogP contribution < -0.4 is 15.4 Å². The molecule has 4 rings (SSSR count). The second-order valence-corrected chi connectivity index (χ2v) is 11.9. The van der Waals surface area contributed by atoms with E-state index in [1.54, 1.807) is 18.3 Å². The van der Waals surface area contributed by atoms with Gasteiger partial charge in [-0.05, 0) is 74.6 Å². The summed E-state index contributed by atoms with van der Waals surface area (Å²) in [6.45, 7) is 6.16. The normalized spacial score (nSPS) is 11.6. The molecule has 0 saturated carbocycles. The van der Waals surface area contributed by atoms with Crippen molar-refractivity contribution >= 4 is 17.6 Å². The number of anilines is 1. The Morgan fingerprint density at radius 1 is 0.843 bits per heavy atom. The molecule has 1 atom stereocenters. The van der Waals surface area contributed by atoms with Gasteiger partial charge in [0, 0.05) is 44.1 Å². The van der Waals surface area contributed by atoms with Crippen LogP contribution in [0.4, 0.5) is 5.69 Å². The van der Waals surface area contributed by atoms with Gasteiger partial charge in [0.25, 0.3) is 5.91 Å². The molecule has 14 heteroatoms. The van der Waals surface area contributed by atoms with Crippen molar-refractivity contribution in [2.45, 2.75) is 58.0 Å². The molecule has 3 N–H and O–H groups in total. The van der Waals surface area contributed by atoms with E-state index in [4.69, 9.17) is 24.1 Å². The highest BCUT2D eigenvalue weighted by atomic mass is 16.5. The minimum atomic E-state index is -0.806. The third-order valence-corrected chi connectivity index (χ3v) is 7.95. The molecule has 0 spiro atoms. The molecule has 0 aliphatic carbocycles. The van der Waals surface area contributed by atoms with Crippen LogP contribution in [0.3, 0.4) is 0 Å². The maximum Gasteiger partial charge on any atom is 0.303 e. The lowest BCUT2D eigenvalue weighted by molar-refractivity contribution is -0.137. The van der Waals surface area contributed by atoms with Crippen molar-refractivity contribution < 1.29 is 33.6 Å². The van der Waals surface area contributed by atoms with Crippen molar-refractivity contribution in [3.8, 4) is 17.3 Å². The first-order valence-corrected chi connectivity index (χ1v) is 17.4. The Balaban J connectivity index is 1.05. The van der Waals surface area contributed by atoms with Gasteiger partial charge in [-0.15, -0.1) is 10.2 Å². The monoisotopic (exact) mass is 703 g/mol. The number of benzene rings is 2. The number of aliphatic carboxylic acids is 1. The van der Waals surface area contributed by atoms with Crippen LogP contribution in [0.5, 0.6) is 5.75 Å². The molecule has 0 aliphatic rings. The highest BCUT2D eigenvalue weighted by Crippen LogP contribution is 2.20.